The van der Waals surface area contributed by atoms with Gasteiger partial charge >= 0.3 is 5.97 Å². The van der Waals surface area contributed by atoms with Crippen LogP contribution in [-0.2, 0) is 4.79 Å². The van der Waals surface area contributed by atoms with E-state index in [1.54, 1.807) is 0 Å². The zero-order valence-corrected chi connectivity index (χ0v) is 11.0. The number of carbonyl (C=O) groups is 1. The van der Waals surface area contributed by atoms with Crippen LogP contribution >= 0.6 is 0 Å². The maximum absolute atomic E-state index is 11.3. The first-order valence-corrected chi connectivity index (χ1v) is 6.63. The lowest BCUT2D eigenvalue weighted by Gasteiger charge is -2.17. The lowest BCUT2D eigenvalue weighted by molar-refractivity contribution is -0.139. The molecule has 2 atom stereocenters. The van der Waals surface area contributed by atoms with E-state index in [1.165, 1.54) is 12.0 Å². The maximum Gasteiger partial charge on any atom is 0.311 e. The van der Waals surface area contributed by atoms with Crippen molar-refractivity contribution >= 4 is 5.97 Å². The third kappa shape index (κ3) is 2.72. The molecule has 1 aromatic carbocycles. The molecule has 0 radical (unpaired) electrons. The Morgan fingerprint density at radius 1 is 1.33 bits per heavy atom. The Morgan fingerprint density at radius 3 is 2.44 bits per heavy atom. The van der Waals surface area contributed by atoms with E-state index in [2.05, 4.69) is 17.4 Å². The van der Waals surface area contributed by atoms with Crippen molar-refractivity contribution < 1.29 is 9.90 Å². The van der Waals surface area contributed by atoms with E-state index < -0.39 is 11.9 Å². The Bertz CT molecular complexity index is 405. The van der Waals surface area contributed by atoms with Crippen LogP contribution in [0.15, 0.2) is 24.3 Å². The van der Waals surface area contributed by atoms with Gasteiger partial charge in [-0.15, -0.1) is 0 Å². The summed E-state index contributed by atoms with van der Waals surface area (Å²) in [6.45, 7) is 6.02. The summed E-state index contributed by atoms with van der Waals surface area (Å²) in [5.41, 5.74) is 2.23. The van der Waals surface area contributed by atoms with Crippen molar-refractivity contribution in [2.75, 3.05) is 13.1 Å². The number of nitrogens with one attached hydrogen (secondary N) is 1. The van der Waals surface area contributed by atoms with Crippen molar-refractivity contribution in [2.45, 2.75) is 32.1 Å². The van der Waals surface area contributed by atoms with Gasteiger partial charge in [0.2, 0.25) is 0 Å². The Labute approximate surface area is 108 Å². The van der Waals surface area contributed by atoms with Crippen LogP contribution in [0.25, 0.3) is 0 Å². The van der Waals surface area contributed by atoms with Crippen LogP contribution in [0.3, 0.4) is 0 Å². The molecule has 18 heavy (non-hydrogen) atoms. The fourth-order valence-corrected chi connectivity index (χ4v) is 2.73. The van der Waals surface area contributed by atoms with Gasteiger partial charge in [-0.2, -0.15) is 0 Å². The molecule has 0 bridgehead atoms. The molecule has 1 aliphatic rings. The third-order valence-electron chi connectivity index (χ3n) is 3.76. The normalized spacial score (nSPS) is 21.2. The van der Waals surface area contributed by atoms with Gasteiger partial charge in [0.05, 0.1) is 5.92 Å². The summed E-state index contributed by atoms with van der Waals surface area (Å²) >= 11 is 0. The van der Waals surface area contributed by atoms with Crippen molar-refractivity contribution in [3.8, 4) is 0 Å². The summed E-state index contributed by atoms with van der Waals surface area (Å²) in [5.74, 6) is -0.441. The third-order valence-corrected chi connectivity index (χ3v) is 3.76. The summed E-state index contributed by atoms with van der Waals surface area (Å²) in [6, 6.07) is 8.13. The van der Waals surface area contributed by atoms with E-state index in [0.29, 0.717) is 5.92 Å². The number of hydrogen-bond acceptors (Lipinski definition) is 2. The van der Waals surface area contributed by atoms with Crippen LogP contribution in [0.1, 0.15) is 43.2 Å². The number of hydrogen-bond donors (Lipinski definition) is 2. The lowest BCUT2D eigenvalue weighted by Crippen LogP contribution is -2.17. The highest BCUT2D eigenvalue weighted by Crippen LogP contribution is 2.28. The quantitative estimate of drug-likeness (QED) is 0.859. The SMILES string of the molecule is CC(C)C(C(=O)O)c1ccc(C2CCNC2)cc1. The molecule has 1 aromatic rings. The summed E-state index contributed by atoms with van der Waals surface area (Å²) in [5, 5.41) is 12.6. The van der Waals surface area contributed by atoms with Crippen molar-refractivity contribution in [3.63, 3.8) is 0 Å². The first kappa shape index (κ1) is 13.1. The first-order chi connectivity index (χ1) is 8.59. The average Bonchev–Trinajstić information content (AvgIpc) is 2.82. The van der Waals surface area contributed by atoms with Crippen molar-refractivity contribution in [1.29, 1.82) is 0 Å². The highest BCUT2D eigenvalue weighted by molar-refractivity contribution is 5.76. The summed E-state index contributed by atoms with van der Waals surface area (Å²) in [6.07, 6.45) is 1.17. The van der Waals surface area contributed by atoms with Gasteiger partial charge in [0, 0.05) is 6.54 Å². The van der Waals surface area contributed by atoms with Gasteiger partial charge in [-0.25, -0.2) is 0 Å². The van der Waals surface area contributed by atoms with Crippen LogP contribution in [0.2, 0.25) is 0 Å². The second-order valence-corrected chi connectivity index (χ2v) is 5.42. The zero-order valence-electron chi connectivity index (χ0n) is 11.0. The van der Waals surface area contributed by atoms with Gasteiger partial charge in [-0.3, -0.25) is 4.79 Å². The van der Waals surface area contributed by atoms with Crippen LogP contribution in [-0.4, -0.2) is 24.2 Å². The summed E-state index contributed by atoms with van der Waals surface area (Å²) in [4.78, 5) is 11.3. The second-order valence-electron chi connectivity index (χ2n) is 5.42. The topological polar surface area (TPSA) is 49.3 Å². The largest absolute Gasteiger partial charge is 0.481 e. The van der Waals surface area contributed by atoms with Gasteiger partial charge in [-0.05, 0) is 35.9 Å². The molecule has 3 heteroatoms. The van der Waals surface area contributed by atoms with E-state index in [-0.39, 0.29) is 5.92 Å². The molecule has 1 fully saturated rings. The predicted molar refractivity (Wildman–Crippen MR) is 71.9 cm³/mol. The monoisotopic (exact) mass is 247 g/mol. The van der Waals surface area contributed by atoms with E-state index in [1.807, 2.05) is 26.0 Å². The molecular formula is C15H21NO2. The number of rotatable bonds is 4. The fraction of sp³-hybridized carbons (Fsp3) is 0.533. The molecular weight excluding hydrogens is 226 g/mol. The van der Waals surface area contributed by atoms with Crippen LogP contribution < -0.4 is 5.32 Å². The van der Waals surface area contributed by atoms with Crippen molar-refractivity contribution in [2.24, 2.45) is 5.92 Å². The molecule has 0 amide bonds. The van der Waals surface area contributed by atoms with Gasteiger partial charge in [0.1, 0.15) is 0 Å². The Balaban J connectivity index is 2.17. The van der Waals surface area contributed by atoms with Crippen LogP contribution in [0.5, 0.6) is 0 Å². The summed E-state index contributed by atoms with van der Waals surface area (Å²) in [7, 11) is 0. The molecule has 3 nitrogen and oxygen atoms in total. The smallest absolute Gasteiger partial charge is 0.311 e. The summed E-state index contributed by atoms with van der Waals surface area (Å²) < 4.78 is 0. The molecule has 2 unspecified atom stereocenters. The number of aliphatic carboxylic acids is 1. The lowest BCUT2D eigenvalue weighted by atomic mass is 9.87. The average molecular weight is 247 g/mol. The zero-order chi connectivity index (χ0) is 13.1. The maximum atomic E-state index is 11.3. The molecule has 1 saturated heterocycles. The van der Waals surface area contributed by atoms with Gasteiger partial charge in [0.25, 0.3) is 0 Å². The van der Waals surface area contributed by atoms with Crippen molar-refractivity contribution in [1.82, 2.24) is 5.32 Å². The Hall–Kier alpha value is -1.35. The molecule has 0 saturated carbocycles. The van der Waals surface area contributed by atoms with E-state index >= 15 is 0 Å². The molecule has 2 N–H and O–H groups in total. The molecule has 1 heterocycles. The minimum absolute atomic E-state index is 0.112. The molecule has 0 aromatic heterocycles. The van der Waals surface area contributed by atoms with Gasteiger partial charge in [0.15, 0.2) is 0 Å². The molecule has 98 valence electrons. The second kappa shape index (κ2) is 5.53. The molecule has 0 spiro atoms. The fourth-order valence-electron chi connectivity index (χ4n) is 2.73. The van der Waals surface area contributed by atoms with Gasteiger partial charge in [-0.1, -0.05) is 38.1 Å². The number of carboxylic acids is 1. The first-order valence-electron chi connectivity index (χ1n) is 6.63. The minimum atomic E-state index is -0.736. The highest BCUT2D eigenvalue weighted by Gasteiger charge is 2.24. The number of benzene rings is 1. The predicted octanol–water partition coefficient (Wildman–Crippen LogP) is 2.59. The standard InChI is InChI=1S/C15H21NO2/c1-10(2)14(15(17)18)12-5-3-11(4-6-12)13-7-8-16-9-13/h3-6,10,13-14,16H,7-9H2,1-2H3,(H,17,18). The molecule has 1 aliphatic heterocycles. The van der Waals surface area contributed by atoms with Crippen LogP contribution in [0.4, 0.5) is 0 Å². The Morgan fingerprint density at radius 2 is 2.00 bits per heavy atom. The number of carboxylic acid groups (broad SMARTS) is 1. The van der Waals surface area contributed by atoms with Crippen LogP contribution in [0, 0.1) is 5.92 Å². The van der Waals surface area contributed by atoms with E-state index in [0.717, 1.165) is 18.7 Å². The highest BCUT2D eigenvalue weighted by atomic mass is 16.4. The van der Waals surface area contributed by atoms with Crippen molar-refractivity contribution in [3.05, 3.63) is 35.4 Å². The van der Waals surface area contributed by atoms with Gasteiger partial charge < -0.3 is 10.4 Å². The molecule has 0 aliphatic carbocycles. The van der Waals surface area contributed by atoms with E-state index in [4.69, 9.17) is 0 Å². The Kier molecular flexibility index (Phi) is 4.02. The molecule has 2 rings (SSSR count). The minimum Gasteiger partial charge on any atom is -0.481 e. The van der Waals surface area contributed by atoms with E-state index in [9.17, 15) is 9.90 Å².